The summed E-state index contributed by atoms with van der Waals surface area (Å²) in [7, 11) is 1.47. The van der Waals surface area contributed by atoms with Gasteiger partial charge in [0.15, 0.2) is 11.6 Å². The molecular weight excluding hydrogens is 431 g/mol. The zero-order chi connectivity index (χ0) is 23.2. The van der Waals surface area contributed by atoms with Crippen LogP contribution in [0, 0.1) is 0 Å². The molecule has 3 aromatic rings. The number of anilines is 2. The van der Waals surface area contributed by atoms with E-state index < -0.39 is 11.7 Å². The van der Waals surface area contributed by atoms with Crippen LogP contribution in [0.5, 0.6) is 5.75 Å². The van der Waals surface area contributed by atoms with Crippen LogP contribution >= 0.6 is 0 Å². The van der Waals surface area contributed by atoms with Gasteiger partial charge in [-0.3, -0.25) is 4.90 Å². The molecule has 6 nitrogen and oxygen atoms in total. The molecule has 2 heterocycles. The highest BCUT2D eigenvalue weighted by Crippen LogP contribution is 2.43. The predicted molar refractivity (Wildman–Crippen MR) is 121 cm³/mol. The Bertz CT molecular complexity index is 1170. The molecule has 0 unspecified atom stereocenters. The summed E-state index contributed by atoms with van der Waals surface area (Å²) in [4.78, 5) is 13.7. The van der Waals surface area contributed by atoms with E-state index in [0.29, 0.717) is 61.6 Å². The lowest BCUT2D eigenvalue weighted by molar-refractivity contribution is -0.137. The van der Waals surface area contributed by atoms with Crippen molar-refractivity contribution >= 4 is 22.7 Å². The van der Waals surface area contributed by atoms with Gasteiger partial charge in [0, 0.05) is 38.3 Å². The van der Waals surface area contributed by atoms with E-state index in [0.717, 1.165) is 17.1 Å². The van der Waals surface area contributed by atoms with E-state index in [4.69, 9.17) is 15.5 Å². The molecule has 1 aliphatic heterocycles. The summed E-state index contributed by atoms with van der Waals surface area (Å²) in [6.45, 7) is 3.05. The summed E-state index contributed by atoms with van der Waals surface area (Å²) in [5.41, 5.74) is 9.09. The number of ether oxygens (including phenoxy) is 1. The van der Waals surface area contributed by atoms with Gasteiger partial charge in [-0.15, -0.1) is 0 Å². The van der Waals surface area contributed by atoms with Crippen molar-refractivity contribution in [2.24, 2.45) is 0 Å². The van der Waals surface area contributed by atoms with Gasteiger partial charge in [-0.2, -0.15) is 13.2 Å². The van der Waals surface area contributed by atoms with Gasteiger partial charge in [0.2, 0.25) is 0 Å². The Balaban J connectivity index is 1.32. The summed E-state index contributed by atoms with van der Waals surface area (Å²) in [6.07, 6.45) is -2.03. The molecular formula is C24H26F3N5O. The molecule has 0 bridgehead atoms. The van der Waals surface area contributed by atoms with Gasteiger partial charge in [0.1, 0.15) is 5.75 Å². The molecule has 9 heteroatoms. The molecule has 1 aliphatic carbocycles. The SMILES string of the molecule is COc1ccc(C(F)(F)F)cc1CN1CCN(c2nc3c(C4CC4)cccc3nc2N)CC1. The van der Waals surface area contributed by atoms with E-state index in [-0.39, 0.29) is 0 Å². The first-order valence-corrected chi connectivity index (χ1v) is 11.1. The van der Waals surface area contributed by atoms with E-state index in [2.05, 4.69) is 20.9 Å². The Morgan fingerprint density at radius 3 is 2.48 bits per heavy atom. The topological polar surface area (TPSA) is 67.5 Å². The van der Waals surface area contributed by atoms with E-state index in [1.165, 1.54) is 37.6 Å². The fourth-order valence-corrected chi connectivity index (χ4v) is 4.50. The van der Waals surface area contributed by atoms with Crippen molar-refractivity contribution in [3.8, 4) is 5.75 Å². The summed E-state index contributed by atoms with van der Waals surface area (Å²) in [6, 6.07) is 9.68. The largest absolute Gasteiger partial charge is 0.496 e. The first-order chi connectivity index (χ1) is 15.8. The highest BCUT2D eigenvalue weighted by Gasteiger charge is 2.32. The first kappa shape index (κ1) is 21.8. The number of aromatic nitrogens is 2. The van der Waals surface area contributed by atoms with Gasteiger partial charge in [0.25, 0.3) is 0 Å². The Morgan fingerprint density at radius 1 is 1.06 bits per heavy atom. The predicted octanol–water partition coefficient (Wildman–Crippen LogP) is 4.44. The third-order valence-electron chi connectivity index (χ3n) is 6.42. The third-order valence-corrected chi connectivity index (χ3v) is 6.42. The third kappa shape index (κ3) is 4.42. The normalized spacial score (nSPS) is 17.5. The minimum Gasteiger partial charge on any atom is -0.496 e. The molecule has 0 spiro atoms. The first-order valence-electron chi connectivity index (χ1n) is 11.1. The second-order valence-corrected chi connectivity index (χ2v) is 8.71. The van der Waals surface area contributed by atoms with Crippen molar-refractivity contribution < 1.29 is 17.9 Å². The Morgan fingerprint density at radius 2 is 1.82 bits per heavy atom. The fourth-order valence-electron chi connectivity index (χ4n) is 4.50. The van der Waals surface area contributed by atoms with Crippen molar-refractivity contribution in [2.45, 2.75) is 31.5 Å². The number of piperazine rings is 1. The van der Waals surface area contributed by atoms with Crippen molar-refractivity contribution in [2.75, 3.05) is 43.9 Å². The summed E-state index contributed by atoms with van der Waals surface area (Å²) >= 11 is 0. The van der Waals surface area contributed by atoms with Crippen molar-refractivity contribution in [1.82, 2.24) is 14.9 Å². The maximum absolute atomic E-state index is 13.2. The minimum absolute atomic E-state index is 0.381. The molecule has 174 valence electrons. The number of rotatable bonds is 5. The minimum atomic E-state index is -4.38. The van der Waals surface area contributed by atoms with Crippen LogP contribution in [0.25, 0.3) is 11.0 Å². The zero-order valence-corrected chi connectivity index (χ0v) is 18.4. The van der Waals surface area contributed by atoms with Crippen LogP contribution in [0.15, 0.2) is 36.4 Å². The van der Waals surface area contributed by atoms with Crippen LogP contribution in [-0.2, 0) is 12.7 Å². The second-order valence-electron chi connectivity index (χ2n) is 8.71. The van der Waals surface area contributed by atoms with Crippen LogP contribution in [-0.4, -0.2) is 48.2 Å². The van der Waals surface area contributed by atoms with Crippen molar-refractivity contribution in [1.29, 1.82) is 0 Å². The van der Waals surface area contributed by atoms with Gasteiger partial charge in [-0.25, -0.2) is 9.97 Å². The maximum Gasteiger partial charge on any atom is 0.416 e. The average molecular weight is 458 g/mol. The molecule has 1 aromatic heterocycles. The summed E-state index contributed by atoms with van der Waals surface area (Å²) < 4.78 is 44.8. The molecule has 1 saturated carbocycles. The number of nitrogens with two attached hydrogens (primary N) is 1. The summed E-state index contributed by atoms with van der Waals surface area (Å²) in [5.74, 6) is 2.11. The number of benzene rings is 2. The Hall–Kier alpha value is -3.07. The molecule has 2 aliphatic rings. The molecule has 0 radical (unpaired) electrons. The van der Waals surface area contributed by atoms with E-state index in [1.807, 2.05) is 12.1 Å². The number of para-hydroxylation sites is 1. The van der Waals surface area contributed by atoms with Crippen LogP contribution in [0.1, 0.15) is 35.4 Å². The highest BCUT2D eigenvalue weighted by atomic mass is 19.4. The molecule has 2 fully saturated rings. The van der Waals surface area contributed by atoms with Gasteiger partial charge in [0.05, 0.1) is 23.7 Å². The van der Waals surface area contributed by atoms with E-state index >= 15 is 0 Å². The number of nitrogen functional groups attached to an aromatic ring is 1. The van der Waals surface area contributed by atoms with E-state index in [9.17, 15) is 13.2 Å². The molecule has 1 saturated heterocycles. The van der Waals surface area contributed by atoms with Crippen LogP contribution in [0.2, 0.25) is 0 Å². The Labute approximate surface area is 190 Å². The summed E-state index contributed by atoms with van der Waals surface area (Å²) in [5, 5.41) is 0. The van der Waals surface area contributed by atoms with Gasteiger partial charge < -0.3 is 15.4 Å². The monoisotopic (exact) mass is 457 g/mol. The number of hydrogen-bond acceptors (Lipinski definition) is 6. The lowest BCUT2D eigenvalue weighted by atomic mass is 10.1. The lowest BCUT2D eigenvalue weighted by Gasteiger charge is -2.36. The fraction of sp³-hybridized carbons (Fsp3) is 0.417. The van der Waals surface area contributed by atoms with Crippen LogP contribution in [0.3, 0.4) is 0 Å². The second kappa shape index (κ2) is 8.37. The molecule has 0 atom stereocenters. The number of halogens is 3. The van der Waals surface area contributed by atoms with Crippen molar-refractivity contribution in [3.63, 3.8) is 0 Å². The Kier molecular flexibility index (Phi) is 5.52. The van der Waals surface area contributed by atoms with Crippen LogP contribution in [0.4, 0.5) is 24.8 Å². The van der Waals surface area contributed by atoms with Gasteiger partial charge in [-0.05, 0) is 48.6 Å². The number of alkyl halides is 3. The molecule has 2 aromatic carbocycles. The zero-order valence-electron chi connectivity index (χ0n) is 18.4. The number of nitrogens with zero attached hydrogens (tertiary/aromatic N) is 4. The highest BCUT2D eigenvalue weighted by molar-refractivity contribution is 5.83. The number of fused-ring (bicyclic) bond motifs is 1. The number of hydrogen-bond donors (Lipinski definition) is 1. The number of methoxy groups -OCH3 is 1. The van der Waals surface area contributed by atoms with Crippen LogP contribution < -0.4 is 15.4 Å². The quantitative estimate of drug-likeness (QED) is 0.611. The van der Waals surface area contributed by atoms with Gasteiger partial charge in [-0.1, -0.05) is 12.1 Å². The average Bonchev–Trinajstić information content (AvgIpc) is 3.63. The van der Waals surface area contributed by atoms with E-state index in [1.54, 1.807) is 0 Å². The lowest BCUT2D eigenvalue weighted by Crippen LogP contribution is -2.46. The molecule has 0 amide bonds. The standard InChI is InChI=1S/C24H26F3N5O/c1-33-20-8-7-17(24(25,26)27)13-16(20)14-31-9-11-32(12-10-31)23-22(28)29-19-4-2-3-18(15-5-6-15)21(19)30-23/h2-4,7-8,13,15H,5-6,9-12,14H2,1H3,(H2,28,29). The van der Waals surface area contributed by atoms with Crippen molar-refractivity contribution in [3.05, 3.63) is 53.1 Å². The van der Waals surface area contributed by atoms with Gasteiger partial charge >= 0.3 is 6.18 Å². The molecule has 33 heavy (non-hydrogen) atoms. The molecule has 5 rings (SSSR count). The smallest absolute Gasteiger partial charge is 0.416 e. The maximum atomic E-state index is 13.2. The molecule has 2 N–H and O–H groups in total.